The van der Waals surface area contributed by atoms with Crippen LogP contribution in [0.5, 0.6) is 0 Å². The summed E-state index contributed by atoms with van der Waals surface area (Å²) in [4.78, 5) is 13.8. The molecule has 3 heterocycles. The fraction of sp³-hybridized carbons (Fsp3) is 0.423. The summed E-state index contributed by atoms with van der Waals surface area (Å²) in [6.07, 6.45) is 5.35. The van der Waals surface area contributed by atoms with Crippen molar-refractivity contribution in [1.29, 1.82) is 0 Å². The van der Waals surface area contributed by atoms with Gasteiger partial charge in [0.15, 0.2) is 0 Å². The van der Waals surface area contributed by atoms with Crippen molar-refractivity contribution < 1.29 is 22.7 Å². The molecular weight excluding hydrogens is 497 g/mol. The first-order valence-electron chi connectivity index (χ1n) is 12.4. The molecule has 5 rings (SSSR count). The van der Waals surface area contributed by atoms with E-state index in [0.29, 0.717) is 37.9 Å². The molecule has 2 aliphatic heterocycles. The third kappa shape index (κ3) is 4.97. The molecule has 0 bridgehead atoms. The molecule has 2 aliphatic rings. The molecule has 0 unspecified atom stereocenters. The van der Waals surface area contributed by atoms with E-state index in [4.69, 9.17) is 0 Å². The van der Waals surface area contributed by atoms with Gasteiger partial charge in [0.05, 0.1) is 0 Å². The lowest BCUT2D eigenvalue weighted by Crippen LogP contribution is -2.47. The Morgan fingerprint density at radius 3 is 2.49 bits per heavy atom. The summed E-state index contributed by atoms with van der Waals surface area (Å²) in [5.41, 5.74) is 1.47. The van der Waals surface area contributed by atoms with E-state index in [2.05, 4.69) is 10.2 Å². The monoisotopic (exact) mass is 527 g/mol. The number of piperidine rings is 1. The smallest absolute Gasteiger partial charge is 0.326 e. The molecule has 2 aromatic carbocycles. The Bertz CT molecular complexity index is 1350. The van der Waals surface area contributed by atoms with Gasteiger partial charge in [-0.3, -0.25) is 0 Å². The summed E-state index contributed by atoms with van der Waals surface area (Å²) < 4.78 is 45.6. The Kier molecular flexibility index (Phi) is 7.00. The number of hydrogen-bond donors (Lipinski definition) is 1. The van der Waals surface area contributed by atoms with Crippen LogP contribution in [0.4, 0.5) is 10.1 Å². The van der Waals surface area contributed by atoms with Crippen LogP contribution >= 0.6 is 0 Å². The number of anilines is 1. The largest absolute Gasteiger partial charge is 0.480 e. The molecule has 11 heteroatoms. The lowest BCUT2D eigenvalue weighted by Gasteiger charge is -2.39. The number of carboxylic acid groups (broad SMARTS) is 1. The molecule has 0 spiro atoms. The molecule has 2 fully saturated rings. The molecule has 2 saturated heterocycles. The molecule has 3 aromatic rings. The van der Waals surface area contributed by atoms with Crippen LogP contribution in [0.3, 0.4) is 0 Å². The maximum absolute atomic E-state index is 15.4. The zero-order valence-corrected chi connectivity index (χ0v) is 21.3. The van der Waals surface area contributed by atoms with Gasteiger partial charge in [-0.1, -0.05) is 36.4 Å². The molecule has 196 valence electrons. The Labute approximate surface area is 215 Å². The lowest BCUT2D eigenvalue weighted by molar-refractivity contribution is -0.139. The van der Waals surface area contributed by atoms with Crippen LogP contribution in [-0.4, -0.2) is 57.2 Å². The van der Waals surface area contributed by atoms with Crippen molar-refractivity contribution in [2.75, 3.05) is 11.4 Å². The summed E-state index contributed by atoms with van der Waals surface area (Å²) in [5.74, 6) is -1.53. The van der Waals surface area contributed by atoms with E-state index in [1.165, 1.54) is 10.4 Å². The summed E-state index contributed by atoms with van der Waals surface area (Å²) in [6.45, 7) is 2.20. The Morgan fingerprint density at radius 1 is 1.08 bits per heavy atom. The van der Waals surface area contributed by atoms with Crippen molar-refractivity contribution in [3.05, 3.63) is 78.1 Å². The number of hydrogen-bond acceptors (Lipinski definition) is 6. The Morgan fingerprint density at radius 2 is 1.81 bits per heavy atom. The summed E-state index contributed by atoms with van der Waals surface area (Å²) in [7, 11) is -3.69. The number of halogens is 1. The minimum absolute atomic E-state index is 0.0557. The summed E-state index contributed by atoms with van der Waals surface area (Å²) in [6, 6.07) is 12.6. The maximum Gasteiger partial charge on any atom is 0.326 e. The van der Waals surface area contributed by atoms with Crippen LogP contribution in [-0.2, 0) is 21.4 Å². The minimum Gasteiger partial charge on any atom is -0.480 e. The molecule has 1 N–H and O–H groups in total. The third-order valence-electron chi connectivity index (χ3n) is 7.61. The van der Waals surface area contributed by atoms with Gasteiger partial charge in [0.2, 0.25) is 10.0 Å². The van der Waals surface area contributed by atoms with E-state index in [9.17, 15) is 18.3 Å². The van der Waals surface area contributed by atoms with Gasteiger partial charge < -0.3 is 14.6 Å². The first-order chi connectivity index (χ1) is 17.8. The average Bonchev–Trinajstić information content (AvgIpc) is 3.42. The number of carboxylic acids is 1. The molecule has 0 radical (unpaired) electrons. The van der Waals surface area contributed by atoms with E-state index < -0.39 is 33.1 Å². The van der Waals surface area contributed by atoms with Crippen molar-refractivity contribution in [2.45, 2.75) is 62.5 Å². The highest BCUT2D eigenvalue weighted by atomic mass is 32.2. The maximum atomic E-state index is 15.4. The van der Waals surface area contributed by atoms with Crippen molar-refractivity contribution >= 4 is 21.7 Å². The highest BCUT2D eigenvalue weighted by molar-refractivity contribution is 7.89. The van der Waals surface area contributed by atoms with Gasteiger partial charge in [0.1, 0.15) is 29.8 Å². The predicted octanol–water partition coefficient (Wildman–Crippen LogP) is 3.77. The SMILES string of the molecule is C[C@H]1CC[C@H](c2ccccc2)S(=O)(=O)N1Cc1ccc(N2CC[C@@H](n3cnnc3)C[C@H]2C(=O)O)cc1F. The first kappa shape index (κ1) is 25.3. The molecule has 0 amide bonds. The predicted molar refractivity (Wildman–Crippen MR) is 136 cm³/mol. The van der Waals surface area contributed by atoms with E-state index in [-0.39, 0.29) is 24.2 Å². The second kappa shape index (κ2) is 10.2. The van der Waals surface area contributed by atoms with Crippen molar-refractivity contribution in [1.82, 2.24) is 19.1 Å². The van der Waals surface area contributed by atoms with Crippen molar-refractivity contribution in [3.63, 3.8) is 0 Å². The van der Waals surface area contributed by atoms with Gasteiger partial charge in [-0.15, -0.1) is 10.2 Å². The van der Waals surface area contributed by atoms with Gasteiger partial charge in [-0.25, -0.2) is 17.6 Å². The Hall–Kier alpha value is -3.31. The highest BCUT2D eigenvalue weighted by Crippen LogP contribution is 2.39. The number of benzene rings is 2. The van der Waals surface area contributed by atoms with Crippen molar-refractivity contribution in [2.24, 2.45) is 0 Å². The molecule has 1 aromatic heterocycles. The van der Waals surface area contributed by atoms with Crippen LogP contribution < -0.4 is 4.90 Å². The second-order valence-corrected chi connectivity index (χ2v) is 11.9. The zero-order valence-electron chi connectivity index (χ0n) is 20.5. The van der Waals surface area contributed by atoms with Gasteiger partial charge >= 0.3 is 5.97 Å². The van der Waals surface area contributed by atoms with E-state index in [0.717, 1.165) is 5.56 Å². The van der Waals surface area contributed by atoms with Crippen LogP contribution in [0.25, 0.3) is 0 Å². The van der Waals surface area contributed by atoms with Crippen LogP contribution in [0, 0.1) is 5.82 Å². The molecule has 37 heavy (non-hydrogen) atoms. The van der Waals surface area contributed by atoms with Gasteiger partial charge in [-0.2, -0.15) is 4.31 Å². The number of nitrogens with zero attached hydrogens (tertiary/aromatic N) is 5. The fourth-order valence-corrected chi connectivity index (χ4v) is 7.71. The molecule has 9 nitrogen and oxygen atoms in total. The number of aromatic nitrogens is 3. The van der Waals surface area contributed by atoms with Crippen molar-refractivity contribution in [3.8, 4) is 0 Å². The molecule has 0 saturated carbocycles. The Balaban J connectivity index is 1.36. The minimum atomic E-state index is -3.69. The normalized spacial score (nSPS) is 26.2. The fourth-order valence-electron chi connectivity index (χ4n) is 5.52. The standard InChI is InChI=1S/C26H30FN5O4S/c1-18-7-10-25(19-5-3-2-4-6-19)37(35,36)32(18)15-20-8-9-22(13-23(20)27)31-12-11-21(14-24(31)26(33)34)30-16-28-29-17-30/h2-6,8-9,13,16-18,21,24-25H,7,10-12,14-15H2,1H3,(H,33,34)/t18-,21+,24-,25+/m0/s1. The number of carbonyl (C=O) groups is 1. The van der Waals surface area contributed by atoms with Gasteiger partial charge in [0, 0.05) is 36.4 Å². The third-order valence-corrected chi connectivity index (χ3v) is 9.98. The van der Waals surface area contributed by atoms with Crippen LogP contribution in [0.15, 0.2) is 61.2 Å². The number of rotatable bonds is 6. The van der Waals surface area contributed by atoms with E-state index >= 15 is 4.39 Å². The quantitative estimate of drug-likeness (QED) is 0.520. The van der Waals surface area contributed by atoms with E-state index in [1.54, 1.807) is 34.3 Å². The number of aliphatic carboxylic acids is 1. The van der Waals surface area contributed by atoms with Crippen LogP contribution in [0.1, 0.15) is 55.0 Å². The van der Waals surface area contributed by atoms with Gasteiger partial charge in [-0.05, 0) is 50.3 Å². The first-order valence-corrected chi connectivity index (χ1v) is 13.9. The average molecular weight is 528 g/mol. The molecule has 4 atom stereocenters. The summed E-state index contributed by atoms with van der Waals surface area (Å²) in [5, 5.41) is 16.8. The highest BCUT2D eigenvalue weighted by Gasteiger charge is 2.41. The van der Waals surface area contributed by atoms with Crippen LogP contribution in [0.2, 0.25) is 0 Å². The lowest BCUT2D eigenvalue weighted by atomic mass is 9.96. The summed E-state index contributed by atoms with van der Waals surface area (Å²) >= 11 is 0. The topological polar surface area (TPSA) is 109 Å². The molecular formula is C26H30FN5O4S. The molecule has 0 aliphatic carbocycles. The van der Waals surface area contributed by atoms with E-state index in [1.807, 2.05) is 37.3 Å². The number of sulfonamides is 1. The van der Waals surface area contributed by atoms with Gasteiger partial charge in [0.25, 0.3) is 0 Å². The zero-order chi connectivity index (χ0) is 26.2. The second-order valence-electron chi connectivity index (χ2n) is 9.83.